The summed E-state index contributed by atoms with van der Waals surface area (Å²) in [6, 6.07) is 7.49. The molecule has 1 aromatic carbocycles. The van der Waals surface area contributed by atoms with Crippen LogP contribution in [-0.4, -0.2) is 22.4 Å². The Labute approximate surface area is 124 Å². The highest BCUT2D eigenvalue weighted by molar-refractivity contribution is 6.04. The molecule has 0 unspecified atom stereocenters. The zero-order valence-electron chi connectivity index (χ0n) is 12.2. The van der Waals surface area contributed by atoms with Crippen LogP contribution in [0.25, 0.3) is 0 Å². The smallest absolute Gasteiger partial charge is 0.274 e. The molecule has 0 aliphatic rings. The third-order valence-corrected chi connectivity index (χ3v) is 3.05. The topological polar surface area (TPSA) is 66.9 Å². The van der Waals surface area contributed by atoms with Crippen molar-refractivity contribution >= 4 is 17.4 Å². The molecule has 5 nitrogen and oxygen atoms in total. The molecule has 108 valence electrons. The average molecular weight is 282 g/mol. The second kappa shape index (κ2) is 6.65. The number of aromatic nitrogens is 2. The summed E-state index contributed by atoms with van der Waals surface area (Å²) in [7, 11) is 0. The minimum atomic E-state index is -0.253. The first-order chi connectivity index (χ1) is 10.1. The SMILES string of the molecule is C=CCNc1cc(C(=O)Nc2c(C)cccc2C)ncn1. The van der Waals surface area contributed by atoms with Crippen LogP contribution in [0.5, 0.6) is 0 Å². The number of carbonyl (C=O) groups excluding carboxylic acids is 1. The molecule has 0 bridgehead atoms. The lowest BCUT2D eigenvalue weighted by molar-refractivity contribution is 0.102. The number of nitrogens with one attached hydrogen (secondary N) is 2. The van der Waals surface area contributed by atoms with Gasteiger partial charge in [-0.25, -0.2) is 9.97 Å². The molecule has 0 saturated heterocycles. The second-order valence-electron chi connectivity index (χ2n) is 4.68. The summed E-state index contributed by atoms with van der Waals surface area (Å²) < 4.78 is 0. The highest BCUT2D eigenvalue weighted by atomic mass is 16.1. The number of hydrogen-bond donors (Lipinski definition) is 2. The number of nitrogens with zero attached hydrogens (tertiary/aromatic N) is 2. The van der Waals surface area contributed by atoms with Gasteiger partial charge in [-0.05, 0) is 25.0 Å². The van der Waals surface area contributed by atoms with Crippen LogP contribution in [0, 0.1) is 13.8 Å². The molecular weight excluding hydrogens is 264 g/mol. The molecule has 21 heavy (non-hydrogen) atoms. The maximum atomic E-state index is 12.3. The van der Waals surface area contributed by atoms with Crippen LogP contribution < -0.4 is 10.6 Å². The van der Waals surface area contributed by atoms with Gasteiger partial charge in [0.05, 0.1) is 0 Å². The van der Waals surface area contributed by atoms with Crippen molar-refractivity contribution in [3.63, 3.8) is 0 Å². The largest absolute Gasteiger partial charge is 0.366 e. The lowest BCUT2D eigenvalue weighted by Gasteiger charge is -2.11. The van der Waals surface area contributed by atoms with Gasteiger partial charge in [-0.1, -0.05) is 24.3 Å². The van der Waals surface area contributed by atoms with Crippen molar-refractivity contribution in [1.82, 2.24) is 9.97 Å². The first kappa shape index (κ1) is 14.7. The molecule has 5 heteroatoms. The zero-order chi connectivity index (χ0) is 15.2. The highest BCUT2D eigenvalue weighted by Gasteiger charge is 2.11. The number of hydrogen-bond acceptors (Lipinski definition) is 4. The predicted molar refractivity (Wildman–Crippen MR) is 84.6 cm³/mol. The molecule has 1 amide bonds. The number of anilines is 2. The highest BCUT2D eigenvalue weighted by Crippen LogP contribution is 2.20. The van der Waals surface area contributed by atoms with Gasteiger partial charge in [0, 0.05) is 18.3 Å². The minimum absolute atomic E-state index is 0.253. The van der Waals surface area contributed by atoms with Crippen LogP contribution in [0.2, 0.25) is 0 Å². The zero-order valence-corrected chi connectivity index (χ0v) is 12.2. The van der Waals surface area contributed by atoms with E-state index < -0.39 is 0 Å². The summed E-state index contributed by atoms with van der Waals surface area (Å²) in [6.07, 6.45) is 3.09. The van der Waals surface area contributed by atoms with Gasteiger partial charge in [-0.3, -0.25) is 4.79 Å². The van der Waals surface area contributed by atoms with Gasteiger partial charge in [0.1, 0.15) is 17.8 Å². The molecule has 1 aromatic heterocycles. The number of aryl methyl sites for hydroxylation is 2. The standard InChI is InChI=1S/C16H18N4O/c1-4-8-17-14-9-13(18-10-19-14)16(21)20-15-11(2)6-5-7-12(15)3/h4-7,9-10H,1,8H2,2-3H3,(H,20,21)(H,17,18,19). The van der Waals surface area contributed by atoms with E-state index in [4.69, 9.17) is 0 Å². The summed E-state index contributed by atoms with van der Waals surface area (Å²) in [4.78, 5) is 20.4. The van der Waals surface area contributed by atoms with Crippen LogP contribution >= 0.6 is 0 Å². The number of rotatable bonds is 5. The number of carbonyl (C=O) groups is 1. The third kappa shape index (κ3) is 3.66. The van der Waals surface area contributed by atoms with Gasteiger partial charge in [0.2, 0.25) is 0 Å². The molecule has 0 aliphatic heterocycles. The quantitative estimate of drug-likeness (QED) is 0.827. The molecule has 0 radical (unpaired) electrons. The third-order valence-electron chi connectivity index (χ3n) is 3.05. The lowest BCUT2D eigenvalue weighted by atomic mass is 10.1. The maximum Gasteiger partial charge on any atom is 0.274 e. The molecule has 2 rings (SSSR count). The van der Waals surface area contributed by atoms with E-state index in [1.54, 1.807) is 12.1 Å². The second-order valence-corrected chi connectivity index (χ2v) is 4.68. The minimum Gasteiger partial charge on any atom is -0.366 e. The van der Waals surface area contributed by atoms with Crippen LogP contribution in [0.1, 0.15) is 21.6 Å². The van der Waals surface area contributed by atoms with Crippen molar-refractivity contribution in [1.29, 1.82) is 0 Å². The summed E-state index contributed by atoms with van der Waals surface area (Å²) in [5.41, 5.74) is 3.17. The Morgan fingerprint density at radius 3 is 2.67 bits per heavy atom. The fraction of sp³-hybridized carbons (Fsp3) is 0.188. The number of para-hydroxylation sites is 1. The summed E-state index contributed by atoms with van der Waals surface area (Å²) in [5, 5.41) is 5.93. The van der Waals surface area contributed by atoms with Crippen molar-refractivity contribution in [2.75, 3.05) is 17.2 Å². The molecule has 1 heterocycles. The van der Waals surface area contributed by atoms with E-state index in [-0.39, 0.29) is 5.91 Å². The summed E-state index contributed by atoms with van der Waals surface area (Å²) in [6.45, 7) is 8.12. The Kier molecular flexibility index (Phi) is 4.66. The van der Waals surface area contributed by atoms with Crippen molar-refractivity contribution in [3.05, 3.63) is 60.1 Å². The van der Waals surface area contributed by atoms with E-state index in [0.29, 0.717) is 18.1 Å². The van der Waals surface area contributed by atoms with E-state index >= 15 is 0 Å². The van der Waals surface area contributed by atoms with E-state index in [9.17, 15) is 4.79 Å². The normalized spacial score (nSPS) is 10.0. The fourth-order valence-electron chi connectivity index (χ4n) is 1.94. The lowest BCUT2D eigenvalue weighted by Crippen LogP contribution is -2.16. The van der Waals surface area contributed by atoms with Crippen LogP contribution in [-0.2, 0) is 0 Å². The van der Waals surface area contributed by atoms with Gasteiger partial charge in [-0.2, -0.15) is 0 Å². The Balaban J connectivity index is 2.18. The van der Waals surface area contributed by atoms with E-state index in [1.807, 2.05) is 32.0 Å². The number of benzene rings is 1. The Bertz CT molecular complexity index is 647. The molecule has 0 spiro atoms. The predicted octanol–water partition coefficient (Wildman–Crippen LogP) is 2.94. The molecule has 0 fully saturated rings. The molecular formula is C16H18N4O. The number of amides is 1. The fourth-order valence-corrected chi connectivity index (χ4v) is 1.94. The average Bonchev–Trinajstić information content (AvgIpc) is 2.49. The molecule has 0 atom stereocenters. The first-order valence-corrected chi connectivity index (χ1v) is 6.66. The Morgan fingerprint density at radius 2 is 2.00 bits per heavy atom. The van der Waals surface area contributed by atoms with Gasteiger partial charge in [-0.15, -0.1) is 6.58 Å². The van der Waals surface area contributed by atoms with E-state index in [1.165, 1.54) is 6.33 Å². The van der Waals surface area contributed by atoms with Crippen LogP contribution in [0.3, 0.4) is 0 Å². The maximum absolute atomic E-state index is 12.3. The van der Waals surface area contributed by atoms with Crippen molar-refractivity contribution < 1.29 is 4.79 Å². The van der Waals surface area contributed by atoms with Crippen molar-refractivity contribution in [2.45, 2.75) is 13.8 Å². The van der Waals surface area contributed by atoms with E-state index in [0.717, 1.165) is 16.8 Å². The Morgan fingerprint density at radius 1 is 1.29 bits per heavy atom. The monoisotopic (exact) mass is 282 g/mol. The summed E-state index contributed by atoms with van der Waals surface area (Å²) in [5.74, 6) is 0.341. The van der Waals surface area contributed by atoms with Gasteiger partial charge in [0.25, 0.3) is 5.91 Å². The van der Waals surface area contributed by atoms with E-state index in [2.05, 4.69) is 27.2 Å². The van der Waals surface area contributed by atoms with Crippen LogP contribution in [0.15, 0.2) is 43.2 Å². The summed E-state index contributed by atoms with van der Waals surface area (Å²) >= 11 is 0. The van der Waals surface area contributed by atoms with Crippen molar-refractivity contribution in [3.8, 4) is 0 Å². The first-order valence-electron chi connectivity index (χ1n) is 6.66. The Hall–Kier alpha value is -2.69. The molecule has 2 aromatic rings. The van der Waals surface area contributed by atoms with Crippen molar-refractivity contribution in [2.24, 2.45) is 0 Å². The van der Waals surface area contributed by atoms with Gasteiger partial charge < -0.3 is 10.6 Å². The van der Waals surface area contributed by atoms with Gasteiger partial charge in [0.15, 0.2) is 0 Å². The molecule has 2 N–H and O–H groups in total. The molecule has 0 aliphatic carbocycles. The molecule has 0 saturated carbocycles. The van der Waals surface area contributed by atoms with Crippen LogP contribution in [0.4, 0.5) is 11.5 Å². The van der Waals surface area contributed by atoms with Gasteiger partial charge >= 0.3 is 0 Å².